The maximum Gasteiger partial charge on any atom is 0.257 e. The molecule has 34 heavy (non-hydrogen) atoms. The summed E-state index contributed by atoms with van der Waals surface area (Å²) in [6.45, 7) is 4.00. The summed E-state index contributed by atoms with van der Waals surface area (Å²) >= 11 is 1.40. The number of hydrogen-bond acceptors (Lipinski definition) is 8. The first kappa shape index (κ1) is 21.7. The lowest BCUT2D eigenvalue weighted by Crippen LogP contribution is -2.12. The molecule has 2 N–H and O–H groups in total. The van der Waals surface area contributed by atoms with Gasteiger partial charge in [-0.1, -0.05) is 19.4 Å². The fourth-order valence-corrected chi connectivity index (χ4v) is 4.16. The molecule has 0 radical (unpaired) electrons. The molecule has 1 aromatic carbocycles. The minimum atomic E-state index is -0.218. The van der Waals surface area contributed by atoms with Crippen LogP contribution in [-0.2, 0) is 6.42 Å². The quantitative estimate of drug-likeness (QED) is 0.348. The topological polar surface area (TPSA) is 110 Å². The van der Waals surface area contributed by atoms with E-state index in [1.54, 1.807) is 29.0 Å². The number of aryl methyl sites for hydroxylation is 2. The van der Waals surface area contributed by atoms with E-state index in [-0.39, 0.29) is 5.91 Å². The lowest BCUT2D eigenvalue weighted by atomic mass is 10.2. The Kier molecular flexibility index (Phi) is 5.96. The number of amides is 1. The highest BCUT2D eigenvalue weighted by Crippen LogP contribution is 2.23. The molecule has 4 heterocycles. The second-order valence-corrected chi connectivity index (χ2v) is 8.58. The molecule has 0 bridgehead atoms. The zero-order valence-corrected chi connectivity index (χ0v) is 19.5. The Balaban J connectivity index is 1.47. The summed E-state index contributed by atoms with van der Waals surface area (Å²) in [5.41, 5.74) is 3.87. The standard InChI is InChI=1S/C24H22N8OS/c1-3-6-18-12-20(32-23(28-18)29-21(31-32)17-8-5-10-25-13-17)27-19-9-4-7-16(11-19)22(33)30-24-26-15(2)14-34-24/h4-5,7-14,27H,3,6H2,1-2H3,(H,26,30,33). The van der Waals surface area contributed by atoms with Crippen LogP contribution in [0.3, 0.4) is 0 Å². The number of fused-ring (bicyclic) bond motifs is 1. The number of pyridine rings is 1. The smallest absolute Gasteiger partial charge is 0.257 e. The van der Waals surface area contributed by atoms with E-state index in [9.17, 15) is 4.79 Å². The Labute approximate surface area is 200 Å². The largest absolute Gasteiger partial charge is 0.340 e. The van der Waals surface area contributed by atoms with E-state index in [4.69, 9.17) is 0 Å². The van der Waals surface area contributed by atoms with Crippen LogP contribution in [0.2, 0.25) is 0 Å². The van der Waals surface area contributed by atoms with E-state index in [1.807, 2.05) is 42.6 Å². The van der Waals surface area contributed by atoms with Crippen molar-refractivity contribution >= 4 is 39.7 Å². The van der Waals surface area contributed by atoms with Gasteiger partial charge >= 0.3 is 0 Å². The number of benzene rings is 1. The first-order valence-electron chi connectivity index (χ1n) is 10.9. The van der Waals surface area contributed by atoms with Crippen molar-refractivity contribution in [2.24, 2.45) is 0 Å². The zero-order valence-electron chi connectivity index (χ0n) is 18.7. The minimum absolute atomic E-state index is 0.218. The van der Waals surface area contributed by atoms with Crippen LogP contribution in [-0.4, -0.2) is 35.5 Å². The lowest BCUT2D eigenvalue weighted by molar-refractivity contribution is 0.102. The van der Waals surface area contributed by atoms with Crippen molar-refractivity contribution in [2.45, 2.75) is 26.7 Å². The second-order valence-electron chi connectivity index (χ2n) is 7.73. The molecule has 0 spiro atoms. The first-order chi connectivity index (χ1) is 16.6. The Morgan fingerprint density at radius 3 is 2.79 bits per heavy atom. The Morgan fingerprint density at radius 1 is 1.12 bits per heavy atom. The van der Waals surface area contributed by atoms with Crippen LogP contribution < -0.4 is 10.6 Å². The monoisotopic (exact) mass is 470 g/mol. The van der Waals surface area contributed by atoms with Gasteiger partial charge in [0.25, 0.3) is 11.7 Å². The summed E-state index contributed by atoms with van der Waals surface area (Å²) in [5, 5.41) is 13.4. The molecule has 0 fully saturated rings. The molecule has 170 valence electrons. The number of nitrogens with one attached hydrogen (secondary N) is 2. The normalized spacial score (nSPS) is 11.0. The number of aromatic nitrogens is 6. The molecule has 0 saturated heterocycles. The van der Waals surface area contributed by atoms with Crippen LogP contribution in [0.4, 0.5) is 16.6 Å². The number of nitrogens with zero attached hydrogens (tertiary/aromatic N) is 6. The second kappa shape index (κ2) is 9.36. The van der Waals surface area contributed by atoms with Gasteiger partial charge < -0.3 is 5.32 Å². The Morgan fingerprint density at radius 2 is 2.03 bits per heavy atom. The maximum atomic E-state index is 12.7. The van der Waals surface area contributed by atoms with Gasteiger partial charge in [-0.15, -0.1) is 16.4 Å². The average molecular weight is 471 g/mol. The predicted octanol–water partition coefficient (Wildman–Crippen LogP) is 4.90. The first-order valence-corrected chi connectivity index (χ1v) is 11.7. The van der Waals surface area contributed by atoms with E-state index in [1.165, 1.54) is 11.3 Å². The summed E-state index contributed by atoms with van der Waals surface area (Å²) < 4.78 is 1.67. The fourth-order valence-electron chi connectivity index (χ4n) is 3.47. The molecular formula is C24H22N8OS. The van der Waals surface area contributed by atoms with Crippen molar-refractivity contribution < 1.29 is 4.79 Å². The molecule has 0 aliphatic heterocycles. The summed E-state index contributed by atoms with van der Waals surface area (Å²) in [5.74, 6) is 1.54. The molecule has 0 aliphatic rings. The molecule has 0 atom stereocenters. The van der Waals surface area contributed by atoms with Crippen LogP contribution in [0.15, 0.2) is 60.2 Å². The number of rotatable bonds is 7. The highest BCUT2D eigenvalue weighted by atomic mass is 32.1. The van der Waals surface area contributed by atoms with E-state index >= 15 is 0 Å². The molecule has 0 aliphatic carbocycles. The minimum Gasteiger partial charge on any atom is -0.340 e. The number of carbonyl (C=O) groups is 1. The fraction of sp³-hybridized carbons (Fsp3) is 0.167. The highest BCUT2D eigenvalue weighted by Gasteiger charge is 2.14. The molecule has 9 nitrogen and oxygen atoms in total. The van der Waals surface area contributed by atoms with Gasteiger partial charge in [-0.2, -0.15) is 9.50 Å². The molecule has 10 heteroatoms. The number of hydrogen-bond donors (Lipinski definition) is 2. The van der Waals surface area contributed by atoms with Gasteiger partial charge in [0.2, 0.25) is 0 Å². The van der Waals surface area contributed by atoms with Gasteiger partial charge in [0.15, 0.2) is 11.0 Å². The van der Waals surface area contributed by atoms with Gasteiger partial charge in [0.05, 0.1) is 5.69 Å². The molecule has 5 rings (SSSR count). The third kappa shape index (κ3) is 4.62. The molecule has 0 saturated carbocycles. The average Bonchev–Trinajstić information content (AvgIpc) is 3.46. The number of thiazole rings is 1. The number of anilines is 3. The molecular weight excluding hydrogens is 448 g/mol. The SMILES string of the molecule is CCCc1cc(Nc2cccc(C(=O)Nc3nc(C)cs3)c2)n2nc(-c3cccnc3)nc2n1. The van der Waals surface area contributed by atoms with Gasteiger partial charge in [-0.25, -0.2) is 9.97 Å². The summed E-state index contributed by atoms with van der Waals surface area (Å²) in [6.07, 6.45) is 5.21. The summed E-state index contributed by atoms with van der Waals surface area (Å²) in [7, 11) is 0. The summed E-state index contributed by atoms with van der Waals surface area (Å²) in [4.78, 5) is 30.5. The van der Waals surface area contributed by atoms with Crippen LogP contribution in [0, 0.1) is 6.92 Å². The van der Waals surface area contributed by atoms with E-state index < -0.39 is 0 Å². The third-order valence-electron chi connectivity index (χ3n) is 5.03. The van der Waals surface area contributed by atoms with E-state index in [0.717, 1.165) is 35.5 Å². The molecule has 4 aromatic heterocycles. The van der Waals surface area contributed by atoms with Crippen LogP contribution in [0.25, 0.3) is 17.2 Å². The van der Waals surface area contributed by atoms with Gasteiger partial charge in [-0.05, 0) is 43.7 Å². The lowest BCUT2D eigenvalue weighted by Gasteiger charge is -2.11. The van der Waals surface area contributed by atoms with Crippen molar-refractivity contribution in [3.05, 3.63) is 77.2 Å². The highest BCUT2D eigenvalue weighted by molar-refractivity contribution is 7.13. The predicted molar refractivity (Wildman–Crippen MR) is 133 cm³/mol. The van der Waals surface area contributed by atoms with Crippen LogP contribution >= 0.6 is 11.3 Å². The van der Waals surface area contributed by atoms with Crippen LogP contribution in [0.1, 0.15) is 35.1 Å². The molecule has 1 amide bonds. The summed E-state index contributed by atoms with van der Waals surface area (Å²) in [6, 6.07) is 13.0. The van der Waals surface area contributed by atoms with Crippen molar-refractivity contribution in [1.29, 1.82) is 0 Å². The van der Waals surface area contributed by atoms with Gasteiger partial charge in [0.1, 0.15) is 5.82 Å². The van der Waals surface area contributed by atoms with E-state index in [0.29, 0.717) is 28.1 Å². The van der Waals surface area contributed by atoms with Crippen molar-refractivity contribution in [3.8, 4) is 11.4 Å². The van der Waals surface area contributed by atoms with Crippen LogP contribution in [0.5, 0.6) is 0 Å². The Hall–Kier alpha value is -4.18. The van der Waals surface area contributed by atoms with Crippen molar-refractivity contribution in [2.75, 3.05) is 10.6 Å². The molecule has 5 aromatic rings. The maximum absolute atomic E-state index is 12.7. The molecule has 0 unspecified atom stereocenters. The zero-order chi connectivity index (χ0) is 23.5. The third-order valence-corrected chi connectivity index (χ3v) is 5.90. The van der Waals surface area contributed by atoms with E-state index in [2.05, 4.69) is 42.6 Å². The van der Waals surface area contributed by atoms with Crippen molar-refractivity contribution in [3.63, 3.8) is 0 Å². The Bertz CT molecular complexity index is 1460. The number of carbonyl (C=O) groups excluding carboxylic acids is 1. The van der Waals surface area contributed by atoms with Gasteiger partial charge in [0, 0.05) is 46.3 Å². The van der Waals surface area contributed by atoms with Crippen molar-refractivity contribution in [1.82, 2.24) is 29.5 Å². The van der Waals surface area contributed by atoms with Gasteiger partial charge in [-0.3, -0.25) is 15.1 Å².